The Hall–Kier alpha value is -2.85. The van der Waals surface area contributed by atoms with Gasteiger partial charge in [-0.2, -0.15) is 0 Å². The molecule has 0 spiro atoms. The first-order chi connectivity index (χ1) is 25.4. The zero-order valence-electron chi connectivity index (χ0n) is 33.1. The second kappa shape index (κ2) is 34.9. The Morgan fingerprint density at radius 2 is 1.15 bits per heavy atom. The van der Waals surface area contributed by atoms with Gasteiger partial charge in [0, 0.05) is 25.9 Å². The molecule has 4 N–H and O–H groups in total. The Balaban J connectivity index is 4.01. The van der Waals surface area contributed by atoms with E-state index in [9.17, 15) is 24.0 Å². The van der Waals surface area contributed by atoms with Gasteiger partial charge < -0.3 is 44.2 Å². The molecular weight excluding hydrogens is 690 g/mol. The van der Waals surface area contributed by atoms with E-state index >= 15 is 0 Å². The van der Waals surface area contributed by atoms with Crippen molar-refractivity contribution in [1.82, 2.24) is 16.0 Å². The Kier molecular flexibility index (Phi) is 33.0. The Morgan fingerprint density at radius 1 is 0.623 bits per heavy atom. The van der Waals surface area contributed by atoms with Crippen LogP contribution in [0.3, 0.4) is 0 Å². The zero-order valence-corrected chi connectivity index (χ0v) is 33.1. The van der Waals surface area contributed by atoms with E-state index in [1.807, 2.05) is 0 Å². The summed E-state index contributed by atoms with van der Waals surface area (Å²) in [6.07, 6.45) is 16.3. The molecule has 0 heterocycles. The van der Waals surface area contributed by atoms with Gasteiger partial charge in [-0.3, -0.25) is 14.9 Å². The quantitative estimate of drug-likeness (QED) is 0.0395. The highest BCUT2D eigenvalue weighted by Crippen LogP contribution is 2.14. The number of nitrogens with one attached hydrogen (secondary N) is 3. The summed E-state index contributed by atoms with van der Waals surface area (Å²) in [5, 5.41) is 16.8. The van der Waals surface area contributed by atoms with Crippen molar-refractivity contribution in [1.29, 1.82) is 0 Å². The molecule has 0 bridgehead atoms. The maximum absolute atomic E-state index is 12.8. The van der Waals surface area contributed by atoms with Crippen molar-refractivity contribution in [3.8, 4) is 0 Å². The Labute approximate surface area is 317 Å². The lowest BCUT2D eigenvalue weighted by Gasteiger charge is -2.24. The molecule has 0 rings (SSSR count). The largest absolute Gasteiger partial charge is 0.480 e. The monoisotopic (exact) mass is 762 g/mol. The van der Waals surface area contributed by atoms with Crippen LogP contribution in [0.5, 0.6) is 0 Å². The van der Waals surface area contributed by atoms with Crippen LogP contribution in [0.4, 0.5) is 0 Å². The molecule has 53 heavy (non-hydrogen) atoms. The molecular formula is C38H71N3O12. The Morgan fingerprint density at radius 3 is 1.72 bits per heavy atom. The third kappa shape index (κ3) is 37.3. The molecule has 15 nitrogen and oxygen atoms in total. The van der Waals surface area contributed by atoms with Crippen LogP contribution in [0.15, 0.2) is 0 Å². The number of carbonyl (C=O) groups excluding carboxylic acids is 4. The normalized spacial score (nSPS) is 11.9. The van der Waals surface area contributed by atoms with E-state index in [2.05, 4.69) is 22.9 Å². The van der Waals surface area contributed by atoms with Crippen molar-refractivity contribution >= 4 is 29.7 Å². The summed E-state index contributed by atoms with van der Waals surface area (Å²) in [7, 11) is 0. The zero-order chi connectivity index (χ0) is 39.4. The number of esters is 2. The summed E-state index contributed by atoms with van der Waals surface area (Å²) in [6, 6.07) is -0.914. The van der Waals surface area contributed by atoms with Crippen molar-refractivity contribution < 1.29 is 57.5 Å². The van der Waals surface area contributed by atoms with Gasteiger partial charge in [0.1, 0.15) is 31.6 Å². The van der Waals surface area contributed by atoms with Crippen molar-refractivity contribution in [2.45, 2.75) is 142 Å². The molecule has 0 aromatic carbocycles. The average molecular weight is 762 g/mol. The van der Waals surface area contributed by atoms with Gasteiger partial charge in [0.05, 0.1) is 39.6 Å². The molecule has 1 unspecified atom stereocenters. The minimum absolute atomic E-state index is 0.0122. The molecule has 0 aliphatic heterocycles. The van der Waals surface area contributed by atoms with Crippen LogP contribution in [0, 0.1) is 0 Å². The first kappa shape index (κ1) is 50.1. The maximum atomic E-state index is 12.8. The topological polar surface area (TPSA) is 197 Å². The number of rotatable bonds is 37. The highest BCUT2D eigenvalue weighted by atomic mass is 16.6. The van der Waals surface area contributed by atoms with Gasteiger partial charge in [-0.1, -0.05) is 84.0 Å². The number of amides is 2. The van der Waals surface area contributed by atoms with Crippen molar-refractivity contribution in [2.24, 2.45) is 0 Å². The molecule has 0 saturated carbocycles. The van der Waals surface area contributed by atoms with Crippen LogP contribution in [-0.4, -0.2) is 119 Å². The number of aliphatic carboxylic acids is 1. The van der Waals surface area contributed by atoms with Crippen LogP contribution in [-0.2, 0) is 52.4 Å². The van der Waals surface area contributed by atoms with Crippen molar-refractivity contribution in [2.75, 3.05) is 72.7 Å². The van der Waals surface area contributed by atoms with Gasteiger partial charge in [-0.05, 0) is 33.6 Å². The fourth-order valence-corrected chi connectivity index (χ4v) is 4.96. The van der Waals surface area contributed by atoms with Crippen LogP contribution < -0.4 is 16.0 Å². The van der Waals surface area contributed by atoms with E-state index in [0.29, 0.717) is 19.6 Å². The summed E-state index contributed by atoms with van der Waals surface area (Å²) in [5.74, 6) is -2.64. The number of unbranched alkanes of at least 4 members (excludes halogenated alkanes) is 12. The lowest BCUT2D eigenvalue weighted by atomic mass is 10.0. The summed E-state index contributed by atoms with van der Waals surface area (Å²) in [6.45, 7) is 8.93. The van der Waals surface area contributed by atoms with Gasteiger partial charge in [-0.25, -0.2) is 14.4 Å². The predicted octanol–water partition coefficient (Wildman–Crippen LogP) is 4.43. The molecule has 0 saturated heterocycles. The predicted molar refractivity (Wildman–Crippen MR) is 200 cm³/mol. The molecule has 0 aliphatic carbocycles. The van der Waals surface area contributed by atoms with E-state index in [1.54, 1.807) is 20.8 Å². The number of carbonyl (C=O) groups is 5. The van der Waals surface area contributed by atoms with Gasteiger partial charge in [0.25, 0.3) is 0 Å². The smallest absolute Gasteiger partial charge is 0.333 e. The molecule has 15 heteroatoms. The fourth-order valence-electron chi connectivity index (χ4n) is 4.96. The number of hydrogen-bond donors (Lipinski definition) is 4. The standard InChI is InChI=1S/C38H71N3O12/c1-5-6-7-8-9-10-11-12-13-14-15-16-17-18-34(43)41-32(37(47)53-38(2,3)4)19-20-33(42)40-22-24-49-26-28-51-30-36(46)52-31-39-21-23-48-25-27-50-29-35(44)45/h32,39H,5-31H2,1-4H3,(H,40,42)(H,41,43)(H,44,45). The fraction of sp³-hybridized carbons (Fsp3) is 0.868. The summed E-state index contributed by atoms with van der Waals surface area (Å²) in [4.78, 5) is 59.9. The molecule has 0 radical (unpaired) electrons. The summed E-state index contributed by atoms with van der Waals surface area (Å²) >= 11 is 0. The maximum Gasteiger partial charge on any atom is 0.333 e. The molecule has 0 aromatic heterocycles. The van der Waals surface area contributed by atoms with Crippen molar-refractivity contribution in [3.63, 3.8) is 0 Å². The van der Waals surface area contributed by atoms with Crippen LogP contribution in [0.25, 0.3) is 0 Å². The van der Waals surface area contributed by atoms with E-state index in [0.717, 1.165) is 19.3 Å². The SMILES string of the molecule is CCCCCCCCCCCCCCCC(=O)NC(CCC(=O)NCCOCCOCC(=O)OCNCCOCCOCC(=O)O)C(=O)OC(C)(C)C. The van der Waals surface area contributed by atoms with E-state index < -0.39 is 29.6 Å². The summed E-state index contributed by atoms with van der Waals surface area (Å²) in [5.41, 5.74) is -0.726. The van der Waals surface area contributed by atoms with Crippen molar-refractivity contribution in [3.05, 3.63) is 0 Å². The van der Waals surface area contributed by atoms with Gasteiger partial charge in [0.2, 0.25) is 11.8 Å². The second-order valence-electron chi connectivity index (χ2n) is 13.9. The number of hydrogen-bond acceptors (Lipinski definition) is 12. The number of carboxylic acid groups (broad SMARTS) is 1. The van der Waals surface area contributed by atoms with E-state index in [-0.39, 0.29) is 84.2 Å². The van der Waals surface area contributed by atoms with E-state index in [1.165, 1.54) is 64.2 Å². The van der Waals surface area contributed by atoms with E-state index in [4.69, 9.17) is 33.5 Å². The molecule has 310 valence electrons. The highest BCUT2D eigenvalue weighted by Gasteiger charge is 2.27. The lowest BCUT2D eigenvalue weighted by Crippen LogP contribution is -2.44. The molecule has 1 atom stereocenters. The molecule has 2 amide bonds. The minimum Gasteiger partial charge on any atom is -0.480 e. The van der Waals surface area contributed by atoms with Gasteiger partial charge in [0.15, 0.2) is 0 Å². The number of carboxylic acids is 1. The molecule has 0 fully saturated rings. The first-order valence-corrected chi connectivity index (χ1v) is 19.6. The second-order valence-corrected chi connectivity index (χ2v) is 13.9. The summed E-state index contributed by atoms with van der Waals surface area (Å²) < 4.78 is 31.2. The third-order valence-corrected chi connectivity index (χ3v) is 7.71. The third-order valence-electron chi connectivity index (χ3n) is 7.71. The molecule has 0 aliphatic rings. The van der Waals surface area contributed by atoms with Crippen LogP contribution in [0.1, 0.15) is 130 Å². The first-order valence-electron chi connectivity index (χ1n) is 19.6. The minimum atomic E-state index is -1.04. The molecule has 0 aromatic rings. The lowest BCUT2D eigenvalue weighted by molar-refractivity contribution is -0.159. The van der Waals surface area contributed by atoms with Gasteiger partial charge in [-0.15, -0.1) is 0 Å². The van der Waals surface area contributed by atoms with Crippen LogP contribution in [0.2, 0.25) is 0 Å². The average Bonchev–Trinajstić information content (AvgIpc) is 3.09. The Bertz CT molecular complexity index is 961. The van der Waals surface area contributed by atoms with Gasteiger partial charge >= 0.3 is 17.9 Å². The number of ether oxygens (including phenoxy) is 6. The highest BCUT2D eigenvalue weighted by molar-refractivity contribution is 5.85. The van der Waals surface area contributed by atoms with Crippen LogP contribution >= 0.6 is 0 Å².